The van der Waals surface area contributed by atoms with Gasteiger partial charge in [-0.05, 0) is 0 Å². The first-order valence-electron chi connectivity index (χ1n) is 3.75. The van der Waals surface area contributed by atoms with Gasteiger partial charge in [-0.15, -0.1) is 0 Å². The van der Waals surface area contributed by atoms with Crippen LogP contribution in [0.3, 0.4) is 0 Å². The molecule has 1 amide bonds. The summed E-state index contributed by atoms with van der Waals surface area (Å²) in [4.78, 5) is 21.8. The first-order valence-corrected chi connectivity index (χ1v) is 6.02. The fraction of sp³-hybridized carbons (Fsp3) is 0.667. The van der Waals surface area contributed by atoms with Crippen LogP contribution in [-0.2, 0) is 9.47 Å². The smallest absolute Gasteiger partial charge is 0.429 e. The van der Waals surface area contributed by atoms with Crippen molar-refractivity contribution in [2.24, 2.45) is 0 Å². The summed E-state index contributed by atoms with van der Waals surface area (Å²) in [6.07, 6.45) is -2.51. The van der Waals surface area contributed by atoms with E-state index in [2.05, 4.69) is 9.47 Å². The van der Waals surface area contributed by atoms with E-state index in [1.165, 1.54) is 0 Å². The minimum Gasteiger partial charge on any atom is -0.429 e. The molecule has 0 aromatic heterocycles. The summed E-state index contributed by atoms with van der Waals surface area (Å²) >= 11 is 31.8. The minimum absolute atomic E-state index is 0.353. The summed E-state index contributed by atoms with van der Waals surface area (Å²) in [6, 6.07) is 0. The van der Waals surface area contributed by atoms with Crippen LogP contribution in [0.1, 0.15) is 0 Å². The summed E-state index contributed by atoms with van der Waals surface area (Å²) in [5.41, 5.74) is 0. The third-order valence-corrected chi connectivity index (χ3v) is 1.69. The first kappa shape index (κ1) is 17.5. The topological polar surface area (TPSA) is 64.6 Å². The molecule has 5 nitrogen and oxygen atoms in total. The van der Waals surface area contributed by atoms with E-state index in [1.807, 2.05) is 5.32 Å². The van der Waals surface area contributed by atoms with Crippen LogP contribution >= 0.6 is 69.6 Å². The van der Waals surface area contributed by atoms with Crippen molar-refractivity contribution in [2.45, 2.75) is 7.59 Å². The number of rotatable bonds is 2. The Kier molecular flexibility index (Phi) is 7.37. The SMILES string of the molecule is O=C(NCC(Cl)(Cl)Cl)OC(=O)OCC(Cl)(Cl)Cl. The van der Waals surface area contributed by atoms with E-state index in [1.54, 1.807) is 0 Å². The number of amides is 1. The van der Waals surface area contributed by atoms with E-state index in [-0.39, 0.29) is 6.54 Å². The van der Waals surface area contributed by atoms with Gasteiger partial charge in [0.1, 0.15) is 6.61 Å². The van der Waals surface area contributed by atoms with Gasteiger partial charge in [0.15, 0.2) is 0 Å². The van der Waals surface area contributed by atoms with E-state index in [0.29, 0.717) is 0 Å². The summed E-state index contributed by atoms with van der Waals surface area (Å²) in [7, 11) is 0. The van der Waals surface area contributed by atoms with Crippen LogP contribution in [0.4, 0.5) is 9.59 Å². The second kappa shape index (κ2) is 7.16. The second-order valence-corrected chi connectivity index (χ2v) is 7.54. The van der Waals surface area contributed by atoms with Gasteiger partial charge in [-0.1, -0.05) is 69.6 Å². The Morgan fingerprint density at radius 1 is 1.00 bits per heavy atom. The molecule has 17 heavy (non-hydrogen) atoms. The standard InChI is InChI=1S/C6H5Cl6NO4/c7-5(8,9)1-13-3(14)17-4(15)16-2-6(10,11)12/h1-2H2,(H,13,14). The molecule has 0 heterocycles. The third-order valence-electron chi connectivity index (χ3n) is 0.963. The van der Waals surface area contributed by atoms with Crippen molar-refractivity contribution in [1.82, 2.24) is 5.32 Å². The number of hydrogen-bond donors (Lipinski definition) is 1. The van der Waals surface area contributed by atoms with Gasteiger partial charge in [-0.2, -0.15) is 0 Å². The molecule has 0 unspecified atom stereocenters. The Bertz CT molecular complexity index is 257. The number of carbonyl (C=O) groups excluding carboxylic acids is 2. The molecule has 1 N–H and O–H groups in total. The zero-order valence-corrected chi connectivity index (χ0v) is 12.4. The molecule has 0 radical (unpaired) electrons. The number of nitrogens with one attached hydrogen (secondary N) is 1. The van der Waals surface area contributed by atoms with Crippen molar-refractivity contribution >= 4 is 81.9 Å². The van der Waals surface area contributed by atoms with Gasteiger partial charge in [0.05, 0.1) is 6.54 Å². The van der Waals surface area contributed by atoms with Crippen LogP contribution in [0.2, 0.25) is 0 Å². The maximum absolute atomic E-state index is 10.9. The summed E-state index contributed by atoms with van der Waals surface area (Å²) < 4.78 is 4.86. The van der Waals surface area contributed by atoms with E-state index >= 15 is 0 Å². The van der Waals surface area contributed by atoms with E-state index < -0.39 is 26.4 Å². The number of alkyl carbamates (subject to hydrolysis) is 1. The normalized spacial score (nSPS) is 11.9. The maximum Gasteiger partial charge on any atom is 0.517 e. The van der Waals surface area contributed by atoms with Crippen molar-refractivity contribution in [3.63, 3.8) is 0 Å². The van der Waals surface area contributed by atoms with Gasteiger partial charge in [-0.3, -0.25) is 0 Å². The maximum atomic E-state index is 10.9. The Morgan fingerprint density at radius 2 is 1.53 bits per heavy atom. The highest BCUT2D eigenvalue weighted by molar-refractivity contribution is 6.68. The molecule has 0 aromatic carbocycles. The van der Waals surface area contributed by atoms with Crippen molar-refractivity contribution in [3.05, 3.63) is 0 Å². The molecular weight excluding hydrogens is 363 g/mol. The second-order valence-electron chi connectivity index (χ2n) is 2.51. The first-order chi connectivity index (χ1) is 7.49. The van der Waals surface area contributed by atoms with Crippen LogP contribution in [0.5, 0.6) is 0 Å². The van der Waals surface area contributed by atoms with E-state index in [9.17, 15) is 9.59 Å². The average Bonchev–Trinajstić information content (AvgIpc) is 2.09. The molecule has 0 saturated carbocycles. The molecule has 0 aliphatic carbocycles. The van der Waals surface area contributed by atoms with Crippen LogP contribution < -0.4 is 5.32 Å². The van der Waals surface area contributed by atoms with Crippen molar-refractivity contribution in [3.8, 4) is 0 Å². The quantitative estimate of drug-likeness (QED) is 0.460. The Morgan fingerprint density at radius 3 is 1.94 bits per heavy atom. The predicted molar refractivity (Wildman–Crippen MR) is 66.4 cm³/mol. The molecule has 0 aromatic rings. The highest BCUT2D eigenvalue weighted by atomic mass is 35.6. The van der Waals surface area contributed by atoms with Crippen LogP contribution in [0, 0.1) is 0 Å². The lowest BCUT2D eigenvalue weighted by Crippen LogP contribution is -2.34. The predicted octanol–water partition coefficient (Wildman–Crippen LogP) is 3.59. The van der Waals surface area contributed by atoms with E-state index in [4.69, 9.17) is 69.6 Å². The summed E-state index contributed by atoms with van der Waals surface area (Å²) in [5, 5.41) is 1.99. The number of alkyl halides is 6. The molecule has 0 bridgehead atoms. The molecule has 11 heteroatoms. The van der Waals surface area contributed by atoms with Gasteiger partial charge in [-0.25, -0.2) is 9.59 Å². The number of carbonyl (C=O) groups is 2. The van der Waals surface area contributed by atoms with Crippen LogP contribution in [-0.4, -0.2) is 33.0 Å². The highest BCUT2D eigenvalue weighted by Crippen LogP contribution is 2.26. The monoisotopic (exact) mass is 365 g/mol. The molecule has 0 saturated heterocycles. The number of ether oxygens (including phenoxy) is 2. The lowest BCUT2D eigenvalue weighted by Gasteiger charge is -2.12. The fourth-order valence-corrected chi connectivity index (χ4v) is 0.818. The van der Waals surface area contributed by atoms with Crippen molar-refractivity contribution < 1.29 is 19.1 Å². The molecule has 0 aliphatic rings. The molecular formula is C6H5Cl6NO4. The van der Waals surface area contributed by atoms with Gasteiger partial charge in [0.25, 0.3) is 0 Å². The number of hydrogen-bond acceptors (Lipinski definition) is 4. The Hall–Kier alpha value is 0.480. The van der Waals surface area contributed by atoms with Gasteiger partial charge in [0, 0.05) is 0 Å². The molecule has 0 spiro atoms. The van der Waals surface area contributed by atoms with Gasteiger partial charge in [0.2, 0.25) is 7.59 Å². The lowest BCUT2D eigenvalue weighted by molar-refractivity contribution is 0.0764. The molecule has 0 fully saturated rings. The minimum atomic E-state index is -1.80. The average molecular weight is 368 g/mol. The molecule has 0 aliphatic heterocycles. The molecule has 0 atom stereocenters. The van der Waals surface area contributed by atoms with Crippen LogP contribution in [0.15, 0.2) is 0 Å². The summed E-state index contributed by atoms with van der Waals surface area (Å²) in [5.74, 6) is 0. The molecule has 0 rings (SSSR count). The zero-order valence-electron chi connectivity index (χ0n) is 7.81. The number of halogens is 6. The van der Waals surface area contributed by atoms with Crippen molar-refractivity contribution in [1.29, 1.82) is 0 Å². The highest BCUT2D eigenvalue weighted by Gasteiger charge is 2.25. The van der Waals surface area contributed by atoms with E-state index in [0.717, 1.165) is 0 Å². The van der Waals surface area contributed by atoms with Gasteiger partial charge >= 0.3 is 12.2 Å². The van der Waals surface area contributed by atoms with Crippen LogP contribution in [0.25, 0.3) is 0 Å². The van der Waals surface area contributed by atoms with Crippen molar-refractivity contribution in [2.75, 3.05) is 13.2 Å². The summed E-state index contributed by atoms with van der Waals surface area (Å²) in [6.45, 7) is -0.928. The van der Waals surface area contributed by atoms with Gasteiger partial charge < -0.3 is 14.8 Å². The largest absolute Gasteiger partial charge is 0.517 e. The lowest BCUT2D eigenvalue weighted by atomic mass is 10.7. The fourth-order valence-electron chi connectivity index (χ4n) is 0.454. The third kappa shape index (κ3) is 12.7. The zero-order chi connectivity index (χ0) is 13.7. The molecule has 100 valence electrons. The Labute approximate surface area is 126 Å². The Balaban J connectivity index is 3.86.